The highest BCUT2D eigenvalue weighted by Crippen LogP contribution is 2.36. The molecule has 2 heterocycles. The van der Waals surface area contributed by atoms with Crippen molar-refractivity contribution in [1.29, 1.82) is 0 Å². The molecule has 0 aromatic heterocycles. The number of thioether (sulfide) groups is 2. The van der Waals surface area contributed by atoms with Gasteiger partial charge in [0.05, 0.1) is 0 Å². The number of imide groups is 2. The van der Waals surface area contributed by atoms with Crippen LogP contribution in [0.15, 0.2) is 42.5 Å². The summed E-state index contributed by atoms with van der Waals surface area (Å²) in [6, 6.07) is 12.9. The third kappa shape index (κ3) is 3.36. The molecule has 2 aliphatic heterocycles. The van der Waals surface area contributed by atoms with E-state index in [0.29, 0.717) is 29.2 Å². The summed E-state index contributed by atoms with van der Waals surface area (Å²) in [5.74, 6) is -1.78. The highest BCUT2D eigenvalue weighted by Gasteiger charge is 2.50. The Morgan fingerprint density at radius 2 is 1.75 bits per heavy atom. The first-order valence-electron chi connectivity index (χ1n) is 8.25. The minimum absolute atomic E-state index is 0.461. The summed E-state index contributed by atoms with van der Waals surface area (Å²) in [7, 11) is 0. The molecule has 0 bridgehead atoms. The molecule has 2 aromatic rings. The molecule has 2 aliphatic rings. The van der Waals surface area contributed by atoms with E-state index in [1.165, 1.54) is 0 Å². The molecule has 2 aromatic carbocycles. The standard InChI is InChI=1S/C18H13N3O5S2/c22-12(19-11-7-3-5-9-4-1-2-6-10(9)11)8-21-16(24)14(28-18(21)26)13-15(23)20-17(25)27-13/h1-7,13-14H,8H2,(H,19,22)(H,20,23,25)/t13-,14+/m1/s1. The number of nitrogens with zero attached hydrogens (tertiary/aromatic N) is 1. The Kier molecular flexibility index (Phi) is 4.82. The van der Waals surface area contributed by atoms with Crippen LogP contribution < -0.4 is 10.6 Å². The van der Waals surface area contributed by atoms with Gasteiger partial charge in [0.25, 0.3) is 10.5 Å². The largest absolute Gasteiger partial charge is 0.324 e. The summed E-state index contributed by atoms with van der Waals surface area (Å²) >= 11 is 1.34. The Morgan fingerprint density at radius 3 is 2.50 bits per heavy atom. The van der Waals surface area contributed by atoms with Crippen LogP contribution in [-0.2, 0) is 14.4 Å². The minimum atomic E-state index is -1.02. The smallest absolute Gasteiger partial charge is 0.289 e. The lowest BCUT2D eigenvalue weighted by molar-refractivity contribution is -0.131. The Labute approximate surface area is 167 Å². The van der Waals surface area contributed by atoms with Crippen molar-refractivity contribution in [2.45, 2.75) is 10.5 Å². The van der Waals surface area contributed by atoms with Crippen molar-refractivity contribution >= 4 is 68.2 Å². The van der Waals surface area contributed by atoms with Gasteiger partial charge in [-0.15, -0.1) is 0 Å². The van der Waals surface area contributed by atoms with Crippen LogP contribution in [0.25, 0.3) is 10.8 Å². The molecule has 142 valence electrons. The summed E-state index contributed by atoms with van der Waals surface area (Å²) in [5.41, 5.74) is 0.572. The van der Waals surface area contributed by atoms with Crippen LogP contribution in [0.2, 0.25) is 0 Å². The van der Waals surface area contributed by atoms with E-state index in [1.807, 2.05) is 30.3 Å². The van der Waals surface area contributed by atoms with Crippen LogP contribution in [0.4, 0.5) is 15.3 Å². The number of fused-ring (bicyclic) bond motifs is 1. The molecular weight excluding hydrogens is 402 g/mol. The number of rotatable bonds is 4. The van der Waals surface area contributed by atoms with Gasteiger partial charge in [-0.25, -0.2) is 0 Å². The Balaban J connectivity index is 1.47. The predicted molar refractivity (Wildman–Crippen MR) is 106 cm³/mol. The van der Waals surface area contributed by atoms with Crippen LogP contribution in [0, 0.1) is 0 Å². The zero-order valence-corrected chi connectivity index (χ0v) is 15.8. The molecule has 2 fully saturated rings. The van der Waals surface area contributed by atoms with E-state index in [1.54, 1.807) is 12.1 Å². The second-order valence-electron chi connectivity index (χ2n) is 6.12. The molecule has 10 heteroatoms. The van der Waals surface area contributed by atoms with Gasteiger partial charge in [-0.2, -0.15) is 0 Å². The van der Waals surface area contributed by atoms with Gasteiger partial charge in [-0.1, -0.05) is 36.4 Å². The molecular formula is C18H13N3O5S2. The number of hydrogen-bond acceptors (Lipinski definition) is 7. The van der Waals surface area contributed by atoms with Crippen LogP contribution in [0.3, 0.4) is 0 Å². The normalized spacial score (nSPS) is 22.1. The van der Waals surface area contributed by atoms with Gasteiger partial charge in [0.2, 0.25) is 17.7 Å². The van der Waals surface area contributed by atoms with Crippen molar-refractivity contribution in [2.75, 3.05) is 11.9 Å². The molecule has 0 radical (unpaired) electrons. The maximum atomic E-state index is 12.6. The molecule has 2 N–H and O–H groups in total. The molecule has 2 atom stereocenters. The number of carbonyl (C=O) groups excluding carboxylic acids is 5. The number of nitrogens with one attached hydrogen (secondary N) is 2. The van der Waals surface area contributed by atoms with Crippen LogP contribution in [0.1, 0.15) is 0 Å². The number of amides is 5. The molecule has 5 amide bonds. The third-order valence-electron chi connectivity index (χ3n) is 4.32. The van der Waals surface area contributed by atoms with Gasteiger partial charge in [-0.05, 0) is 35.0 Å². The van der Waals surface area contributed by atoms with Gasteiger partial charge in [-0.3, -0.25) is 34.2 Å². The van der Waals surface area contributed by atoms with E-state index in [0.717, 1.165) is 15.7 Å². The average Bonchev–Trinajstić information content (AvgIpc) is 3.14. The molecule has 4 rings (SSSR count). The molecule has 0 aliphatic carbocycles. The van der Waals surface area contributed by atoms with E-state index in [9.17, 15) is 24.0 Å². The molecule has 8 nitrogen and oxygen atoms in total. The SMILES string of the molecule is O=C(CN1C(=O)S[C@@H]([C@H]2SC(=O)NC2=O)C1=O)Nc1cccc2ccccc12. The summed E-state index contributed by atoms with van der Waals surface area (Å²) in [4.78, 5) is 61.1. The predicted octanol–water partition coefficient (Wildman–Crippen LogP) is 2.19. The second kappa shape index (κ2) is 7.28. The van der Waals surface area contributed by atoms with Crippen LogP contribution >= 0.6 is 23.5 Å². The van der Waals surface area contributed by atoms with E-state index >= 15 is 0 Å². The number of hydrogen-bond donors (Lipinski definition) is 2. The summed E-state index contributed by atoms with van der Waals surface area (Å²) in [6.07, 6.45) is 0. The van der Waals surface area contributed by atoms with Crippen molar-refractivity contribution in [2.24, 2.45) is 0 Å². The molecule has 0 saturated carbocycles. The monoisotopic (exact) mass is 415 g/mol. The first-order chi connectivity index (χ1) is 13.4. The molecule has 0 spiro atoms. The van der Waals surface area contributed by atoms with Gasteiger partial charge >= 0.3 is 0 Å². The zero-order chi connectivity index (χ0) is 19.8. The lowest BCUT2D eigenvalue weighted by Gasteiger charge is -2.15. The maximum Gasteiger partial charge on any atom is 0.289 e. The fraction of sp³-hybridized carbons (Fsp3) is 0.167. The molecule has 28 heavy (non-hydrogen) atoms. The van der Waals surface area contributed by atoms with Crippen molar-refractivity contribution in [3.63, 3.8) is 0 Å². The Morgan fingerprint density at radius 1 is 1.00 bits per heavy atom. The average molecular weight is 415 g/mol. The van der Waals surface area contributed by atoms with E-state index in [-0.39, 0.29) is 0 Å². The zero-order valence-electron chi connectivity index (χ0n) is 14.2. The first kappa shape index (κ1) is 18.5. The third-order valence-corrected chi connectivity index (χ3v) is 6.69. The fourth-order valence-electron chi connectivity index (χ4n) is 3.04. The fourth-order valence-corrected chi connectivity index (χ4v) is 5.14. The highest BCUT2D eigenvalue weighted by atomic mass is 32.2. The summed E-state index contributed by atoms with van der Waals surface area (Å²) < 4.78 is 0. The minimum Gasteiger partial charge on any atom is -0.324 e. The van der Waals surface area contributed by atoms with E-state index in [4.69, 9.17) is 0 Å². The van der Waals surface area contributed by atoms with Crippen LogP contribution in [0.5, 0.6) is 0 Å². The van der Waals surface area contributed by atoms with Gasteiger partial charge < -0.3 is 5.32 Å². The van der Waals surface area contributed by atoms with Gasteiger partial charge in [0.1, 0.15) is 17.0 Å². The maximum absolute atomic E-state index is 12.6. The van der Waals surface area contributed by atoms with E-state index < -0.39 is 45.2 Å². The number of anilines is 1. The lowest BCUT2D eigenvalue weighted by atomic mass is 10.1. The lowest BCUT2D eigenvalue weighted by Crippen LogP contribution is -2.42. The second-order valence-corrected chi connectivity index (χ2v) is 8.33. The highest BCUT2D eigenvalue weighted by molar-refractivity contribution is 8.19. The van der Waals surface area contributed by atoms with Crippen molar-refractivity contribution in [1.82, 2.24) is 10.2 Å². The summed E-state index contributed by atoms with van der Waals surface area (Å²) in [6.45, 7) is -0.461. The topological polar surface area (TPSA) is 113 Å². The molecule has 0 unspecified atom stereocenters. The molecule has 2 saturated heterocycles. The number of carbonyl (C=O) groups is 5. The Hall–Kier alpha value is -2.85. The number of benzene rings is 2. The van der Waals surface area contributed by atoms with Crippen molar-refractivity contribution in [3.8, 4) is 0 Å². The quantitative estimate of drug-likeness (QED) is 0.787. The van der Waals surface area contributed by atoms with Gasteiger partial charge in [0.15, 0.2) is 0 Å². The van der Waals surface area contributed by atoms with Crippen LogP contribution in [-0.4, -0.2) is 50.1 Å². The van der Waals surface area contributed by atoms with Crippen molar-refractivity contribution in [3.05, 3.63) is 42.5 Å². The summed E-state index contributed by atoms with van der Waals surface area (Å²) in [5, 5.41) is 3.43. The van der Waals surface area contributed by atoms with Gasteiger partial charge in [0, 0.05) is 11.1 Å². The van der Waals surface area contributed by atoms with Crippen molar-refractivity contribution < 1.29 is 24.0 Å². The van der Waals surface area contributed by atoms with E-state index in [2.05, 4.69) is 10.6 Å². The first-order valence-corrected chi connectivity index (χ1v) is 10.0. The Bertz CT molecular complexity index is 1040.